The van der Waals surface area contributed by atoms with E-state index < -0.39 is 18.0 Å². The SMILES string of the molecule is COC(=O)C(O)CNC(=O)c1ccc(O)c(C)c1. The molecule has 6 nitrogen and oxygen atoms in total. The summed E-state index contributed by atoms with van der Waals surface area (Å²) in [4.78, 5) is 22.6. The van der Waals surface area contributed by atoms with E-state index in [2.05, 4.69) is 10.1 Å². The third kappa shape index (κ3) is 3.46. The predicted molar refractivity (Wildman–Crippen MR) is 63.2 cm³/mol. The highest BCUT2D eigenvalue weighted by Crippen LogP contribution is 2.16. The number of aliphatic hydroxyl groups excluding tert-OH is 1. The van der Waals surface area contributed by atoms with E-state index in [0.29, 0.717) is 11.1 Å². The van der Waals surface area contributed by atoms with Gasteiger partial charge in [0.2, 0.25) is 0 Å². The first-order valence-electron chi connectivity index (χ1n) is 5.29. The van der Waals surface area contributed by atoms with Gasteiger partial charge in [-0.15, -0.1) is 0 Å². The van der Waals surface area contributed by atoms with Gasteiger partial charge in [-0.05, 0) is 30.7 Å². The second kappa shape index (κ2) is 6.02. The number of aryl methyl sites for hydroxylation is 1. The summed E-state index contributed by atoms with van der Waals surface area (Å²) in [5.74, 6) is -1.15. The van der Waals surface area contributed by atoms with Crippen molar-refractivity contribution in [3.8, 4) is 5.75 Å². The number of aliphatic hydroxyl groups is 1. The van der Waals surface area contributed by atoms with Crippen molar-refractivity contribution >= 4 is 11.9 Å². The molecular weight excluding hydrogens is 238 g/mol. The molecule has 0 bridgehead atoms. The second-order valence-corrected chi connectivity index (χ2v) is 3.75. The molecule has 3 N–H and O–H groups in total. The van der Waals surface area contributed by atoms with Crippen molar-refractivity contribution in [2.24, 2.45) is 0 Å². The summed E-state index contributed by atoms with van der Waals surface area (Å²) >= 11 is 0. The van der Waals surface area contributed by atoms with Crippen molar-refractivity contribution in [2.45, 2.75) is 13.0 Å². The molecule has 0 aliphatic heterocycles. The number of carbonyl (C=O) groups excluding carboxylic acids is 2. The summed E-state index contributed by atoms with van der Waals surface area (Å²) < 4.78 is 4.31. The topological polar surface area (TPSA) is 95.9 Å². The highest BCUT2D eigenvalue weighted by Gasteiger charge is 2.16. The van der Waals surface area contributed by atoms with Crippen LogP contribution >= 0.6 is 0 Å². The second-order valence-electron chi connectivity index (χ2n) is 3.75. The zero-order valence-corrected chi connectivity index (χ0v) is 10.1. The van der Waals surface area contributed by atoms with Gasteiger partial charge in [0.15, 0.2) is 6.10 Å². The maximum absolute atomic E-state index is 11.7. The third-order valence-corrected chi connectivity index (χ3v) is 2.39. The maximum Gasteiger partial charge on any atom is 0.336 e. The summed E-state index contributed by atoms with van der Waals surface area (Å²) in [5, 5.41) is 21.0. The molecule has 0 aliphatic rings. The number of hydrogen-bond acceptors (Lipinski definition) is 5. The Morgan fingerprint density at radius 1 is 1.44 bits per heavy atom. The Balaban J connectivity index is 2.60. The molecule has 98 valence electrons. The molecule has 1 unspecified atom stereocenters. The van der Waals surface area contributed by atoms with Gasteiger partial charge in [-0.3, -0.25) is 4.79 Å². The Hall–Kier alpha value is -2.08. The van der Waals surface area contributed by atoms with Crippen LogP contribution in [0.5, 0.6) is 5.75 Å². The van der Waals surface area contributed by atoms with E-state index in [1.165, 1.54) is 18.2 Å². The van der Waals surface area contributed by atoms with E-state index in [1.54, 1.807) is 6.92 Å². The van der Waals surface area contributed by atoms with E-state index in [9.17, 15) is 19.8 Å². The average Bonchev–Trinajstić information content (AvgIpc) is 2.37. The molecule has 0 heterocycles. The minimum atomic E-state index is -1.39. The molecule has 1 aromatic rings. The first kappa shape index (κ1) is 14.0. The van der Waals surface area contributed by atoms with Gasteiger partial charge >= 0.3 is 5.97 Å². The molecule has 1 aromatic carbocycles. The van der Waals surface area contributed by atoms with Crippen LogP contribution in [0.25, 0.3) is 0 Å². The van der Waals surface area contributed by atoms with Gasteiger partial charge in [0.05, 0.1) is 13.7 Å². The first-order chi connectivity index (χ1) is 8.45. The van der Waals surface area contributed by atoms with Crippen molar-refractivity contribution in [3.63, 3.8) is 0 Å². The van der Waals surface area contributed by atoms with Crippen LogP contribution in [-0.4, -0.2) is 41.8 Å². The monoisotopic (exact) mass is 253 g/mol. The zero-order chi connectivity index (χ0) is 13.7. The number of esters is 1. The Kier molecular flexibility index (Phi) is 4.67. The lowest BCUT2D eigenvalue weighted by molar-refractivity contribution is -0.149. The largest absolute Gasteiger partial charge is 0.508 e. The molecule has 1 rings (SSSR count). The van der Waals surface area contributed by atoms with Crippen LogP contribution < -0.4 is 5.32 Å². The normalized spacial score (nSPS) is 11.7. The van der Waals surface area contributed by atoms with Crippen LogP contribution in [0.2, 0.25) is 0 Å². The molecule has 0 saturated heterocycles. The molecule has 18 heavy (non-hydrogen) atoms. The molecule has 0 saturated carbocycles. The standard InChI is InChI=1S/C12H15NO5/c1-7-5-8(3-4-9(7)14)11(16)13-6-10(15)12(17)18-2/h3-5,10,14-15H,6H2,1-2H3,(H,13,16). The highest BCUT2D eigenvalue weighted by molar-refractivity contribution is 5.94. The molecule has 0 aromatic heterocycles. The van der Waals surface area contributed by atoms with Crippen molar-refractivity contribution in [2.75, 3.05) is 13.7 Å². The van der Waals surface area contributed by atoms with E-state index >= 15 is 0 Å². The summed E-state index contributed by atoms with van der Waals surface area (Å²) in [6.45, 7) is 1.43. The fourth-order valence-electron chi connectivity index (χ4n) is 1.31. The quantitative estimate of drug-likeness (QED) is 0.654. The van der Waals surface area contributed by atoms with Gasteiger partial charge in [-0.2, -0.15) is 0 Å². The van der Waals surface area contributed by atoms with Gasteiger partial charge in [0.1, 0.15) is 5.75 Å². The van der Waals surface area contributed by atoms with Crippen LogP contribution in [0.4, 0.5) is 0 Å². The number of rotatable bonds is 4. The Morgan fingerprint density at radius 3 is 2.67 bits per heavy atom. The summed E-state index contributed by atoms with van der Waals surface area (Å²) in [5.41, 5.74) is 0.901. The molecule has 0 radical (unpaired) electrons. The van der Waals surface area contributed by atoms with Crippen LogP contribution in [0, 0.1) is 6.92 Å². The number of ether oxygens (including phenoxy) is 1. The van der Waals surface area contributed by atoms with Gasteiger partial charge < -0.3 is 20.3 Å². The maximum atomic E-state index is 11.7. The Morgan fingerprint density at radius 2 is 2.11 bits per heavy atom. The number of methoxy groups -OCH3 is 1. The molecule has 0 fully saturated rings. The lowest BCUT2D eigenvalue weighted by atomic mass is 10.1. The van der Waals surface area contributed by atoms with Crippen LogP contribution in [-0.2, 0) is 9.53 Å². The number of phenols is 1. The van der Waals surface area contributed by atoms with Crippen molar-refractivity contribution < 1.29 is 24.5 Å². The van der Waals surface area contributed by atoms with Crippen LogP contribution in [0.15, 0.2) is 18.2 Å². The number of benzene rings is 1. The number of hydrogen-bond donors (Lipinski definition) is 3. The molecule has 6 heteroatoms. The highest BCUT2D eigenvalue weighted by atomic mass is 16.5. The first-order valence-corrected chi connectivity index (χ1v) is 5.29. The summed E-state index contributed by atoms with van der Waals surface area (Å²) in [6, 6.07) is 4.36. The number of phenolic OH excluding ortho intramolecular Hbond substituents is 1. The van der Waals surface area contributed by atoms with Crippen molar-refractivity contribution in [1.82, 2.24) is 5.32 Å². The number of amides is 1. The van der Waals surface area contributed by atoms with Crippen LogP contribution in [0.1, 0.15) is 15.9 Å². The van der Waals surface area contributed by atoms with Gasteiger partial charge in [0.25, 0.3) is 5.91 Å². The van der Waals surface area contributed by atoms with Gasteiger partial charge in [0, 0.05) is 5.56 Å². The zero-order valence-electron chi connectivity index (χ0n) is 10.1. The Labute approximate surface area is 104 Å². The molecule has 0 spiro atoms. The smallest absolute Gasteiger partial charge is 0.336 e. The number of carbonyl (C=O) groups is 2. The average molecular weight is 253 g/mol. The minimum absolute atomic E-state index is 0.0983. The molecular formula is C12H15NO5. The Bertz CT molecular complexity index is 458. The lowest BCUT2D eigenvalue weighted by Crippen LogP contribution is -2.37. The summed E-state index contributed by atoms with van der Waals surface area (Å²) in [6.07, 6.45) is -1.39. The number of aromatic hydroxyl groups is 1. The molecule has 1 amide bonds. The van der Waals surface area contributed by atoms with Gasteiger partial charge in [-0.25, -0.2) is 4.79 Å². The summed E-state index contributed by atoms with van der Waals surface area (Å²) in [7, 11) is 1.15. The number of nitrogens with one attached hydrogen (secondary N) is 1. The fraction of sp³-hybridized carbons (Fsp3) is 0.333. The predicted octanol–water partition coefficient (Wildman–Crippen LogP) is -0.0357. The van der Waals surface area contributed by atoms with Gasteiger partial charge in [-0.1, -0.05) is 0 Å². The lowest BCUT2D eigenvalue weighted by Gasteiger charge is -2.10. The van der Waals surface area contributed by atoms with Crippen molar-refractivity contribution in [1.29, 1.82) is 0 Å². The van der Waals surface area contributed by atoms with E-state index in [0.717, 1.165) is 7.11 Å². The fourth-order valence-corrected chi connectivity index (χ4v) is 1.31. The van der Waals surface area contributed by atoms with Crippen LogP contribution in [0.3, 0.4) is 0 Å². The minimum Gasteiger partial charge on any atom is -0.508 e. The van der Waals surface area contributed by atoms with E-state index in [-0.39, 0.29) is 12.3 Å². The van der Waals surface area contributed by atoms with Crippen molar-refractivity contribution in [3.05, 3.63) is 29.3 Å². The van der Waals surface area contributed by atoms with E-state index in [4.69, 9.17) is 0 Å². The molecule has 1 atom stereocenters. The third-order valence-electron chi connectivity index (χ3n) is 2.39. The van der Waals surface area contributed by atoms with E-state index in [1.807, 2.05) is 0 Å². The molecule has 0 aliphatic carbocycles.